The number of nitrogens with one attached hydrogen (secondary N) is 1. The first-order valence-corrected chi connectivity index (χ1v) is 5.90. The fourth-order valence-corrected chi connectivity index (χ4v) is 3.87. The zero-order valence-electron chi connectivity index (χ0n) is 10.6. The number of hydrogen-bond donors (Lipinski definition) is 2. The summed E-state index contributed by atoms with van der Waals surface area (Å²) in [5.41, 5.74) is 3.21. The molecular formula is C12H15N4O2+. The number of rotatable bonds is 0. The molecule has 0 aromatic carbocycles. The zero-order valence-corrected chi connectivity index (χ0v) is 10.6. The Morgan fingerprint density at radius 2 is 2.06 bits per heavy atom. The Bertz CT molecular complexity index is 557. The summed E-state index contributed by atoms with van der Waals surface area (Å²) in [6.45, 7) is 5.94. The fraction of sp³-hybridized carbons (Fsp3) is 0.750. The van der Waals surface area contributed by atoms with Crippen molar-refractivity contribution in [2.45, 2.75) is 32.8 Å². The molecule has 6 heteroatoms. The summed E-state index contributed by atoms with van der Waals surface area (Å²) in [4.78, 5) is 2.90. The number of nitriles is 2. The molecule has 94 valence electrons. The SMILES string of the molecule is C[C@H]1CO[C@@]2([NH+]=C(N)[C@@]3(C#N)C(C)(C)[C@@]23C#N)O1. The van der Waals surface area contributed by atoms with Crippen LogP contribution in [0.4, 0.5) is 0 Å². The van der Waals surface area contributed by atoms with Crippen molar-refractivity contribution in [1.29, 1.82) is 10.5 Å². The molecule has 2 heterocycles. The molecule has 3 N–H and O–H groups in total. The Hall–Kier alpha value is -1.63. The first kappa shape index (κ1) is 11.5. The lowest BCUT2D eigenvalue weighted by Crippen LogP contribution is -2.90. The maximum atomic E-state index is 9.66. The summed E-state index contributed by atoms with van der Waals surface area (Å²) >= 11 is 0. The largest absolute Gasteiger partial charge is 0.343 e. The van der Waals surface area contributed by atoms with Crippen LogP contribution < -0.4 is 10.7 Å². The lowest BCUT2D eigenvalue weighted by molar-refractivity contribution is -0.679. The van der Waals surface area contributed by atoms with Crippen LogP contribution in [0, 0.1) is 38.9 Å². The Balaban J connectivity index is 2.24. The predicted molar refractivity (Wildman–Crippen MR) is 59.3 cm³/mol. The number of nitrogens with zero attached hydrogens (tertiary/aromatic N) is 2. The predicted octanol–water partition coefficient (Wildman–Crippen LogP) is -1.41. The highest BCUT2D eigenvalue weighted by atomic mass is 16.8. The molecule has 18 heavy (non-hydrogen) atoms. The summed E-state index contributed by atoms with van der Waals surface area (Å²) in [6, 6.07) is 4.45. The quantitative estimate of drug-likeness (QED) is 0.547. The molecule has 0 amide bonds. The van der Waals surface area contributed by atoms with E-state index in [4.69, 9.17) is 15.2 Å². The maximum absolute atomic E-state index is 9.66. The molecule has 0 radical (unpaired) electrons. The minimum atomic E-state index is -1.29. The van der Waals surface area contributed by atoms with Crippen molar-refractivity contribution in [3.05, 3.63) is 0 Å². The van der Waals surface area contributed by atoms with E-state index >= 15 is 0 Å². The van der Waals surface area contributed by atoms with Gasteiger partial charge in [0.2, 0.25) is 0 Å². The molecule has 2 fully saturated rings. The molecule has 1 spiro atoms. The van der Waals surface area contributed by atoms with Crippen molar-refractivity contribution >= 4 is 5.84 Å². The average Bonchev–Trinajstić information content (AvgIpc) is 2.56. The molecule has 4 atom stereocenters. The van der Waals surface area contributed by atoms with E-state index in [1.165, 1.54) is 0 Å². The van der Waals surface area contributed by atoms with Crippen LogP contribution in [0.1, 0.15) is 20.8 Å². The smallest absolute Gasteiger partial charge is 0.311 e. The van der Waals surface area contributed by atoms with E-state index in [0.29, 0.717) is 6.61 Å². The number of nitrogens with two attached hydrogens (primary N) is 1. The van der Waals surface area contributed by atoms with Gasteiger partial charge in [0.15, 0.2) is 10.8 Å². The average molecular weight is 247 g/mol. The molecule has 3 rings (SSSR count). The third kappa shape index (κ3) is 0.705. The highest BCUT2D eigenvalue weighted by Crippen LogP contribution is 2.82. The van der Waals surface area contributed by atoms with Gasteiger partial charge in [-0.3, -0.25) is 5.73 Å². The summed E-state index contributed by atoms with van der Waals surface area (Å²) in [5.74, 6) is -1.02. The minimum absolute atomic E-state index is 0.138. The Labute approximate surface area is 105 Å². The first-order chi connectivity index (χ1) is 8.35. The second-order valence-corrected chi connectivity index (χ2v) is 5.74. The topological polar surface area (TPSA) is 106 Å². The van der Waals surface area contributed by atoms with Gasteiger partial charge in [-0.15, -0.1) is 0 Å². The third-order valence-corrected chi connectivity index (χ3v) is 4.80. The van der Waals surface area contributed by atoms with E-state index in [0.717, 1.165) is 0 Å². The molecule has 1 saturated heterocycles. The van der Waals surface area contributed by atoms with Gasteiger partial charge in [-0.1, -0.05) is 13.8 Å². The summed E-state index contributed by atoms with van der Waals surface area (Å²) in [5, 5.41) is 19.2. The molecular weight excluding hydrogens is 232 g/mol. The van der Waals surface area contributed by atoms with Crippen LogP contribution in [-0.4, -0.2) is 24.5 Å². The van der Waals surface area contributed by atoms with Gasteiger partial charge in [-0.05, 0) is 6.92 Å². The van der Waals surface area contributed by atoms with Crippen LogP contribution in [-0.2, 0) is 9.47 Å². The van der Waals surface area contributed by atoms with E-state index in [1.807, 2.05) is 20.8 Å². The number of ether oxygens (including phenoxy) is 2. The third-order valence-electron chi connectivity index (χ3n) is 4.80. The molecule has 1 aliphatic carbocycles. The van der Waals surface area contributed by atoms with Crippen molar-refractivity contribution in [2.75, 3.05) is 6.61 Å². The van der Waals surface area contributed by atoms with Crippen molar-refractivity contribution in [2.24, 2.45) is 22.0 Å². The van der Waals surface area contributed by atoms with Crippen LogP contribution in [0.5, 0.6) is 0 Å². The van der Waals surface area contributed by atoms with Crippen LogP contribution in [0.3, 0.4) is 0 Å². The van der Waals surface area contributed by atoms with Gasteiger partial charge in [0.05, 0.1) is 24.8 Å². The number of amidine groups is 1. The molecule has 0 bridgehead atoms. The standard InChI is InChI=1S/C12H14N4O2/c1-7-4-17-12(18-7)11(6-14)9(2,3)10(11,5-13)8(15)16-12/h7H,4H2,1-3H3,(H2,15,16)/p+1/t7-,10-,11+,12+/m0/s1. The molecule has 0 unspecified atom stereocenters. The molecule has 3 aliphatic rings. The Morgan fingerprint density at radius 1 is 1.39 bits per heavy atom. The van der Waals surface area contributed by atoms with Crippen LogP contribution in [0.25, 0.3) is 0 Å². The first-order valence-electron chi connectivity index (χ1n) is 5.90. The highest BCUT2D eigenvalue weighted by molar-refractivity contribution is 5.94. The molecule has 2 aliphatic heterocycles. The van der Waals surface area contributed by atoms with E-state index in [1.54, 1.807) is 0 Å². The summed E-state index contributed by atoms with van der Waals surface area (Å²) in [6.07, 6.45) is -0.138. The second kappa shape index (κ2) is 2.69. The van der Waals surface area contributed by atoms with E-state index in [-0.39, 0.29) is 11.9 Å². The van der Waals surface area contributed by atoms with Gasteiger partial charge in [0.25, 0.3) is 5.84 Å². The van der Waals surface area contributed by atoms with Crippen molar-refractivity contribution in [1.82, 2.24) is 0 Å². The van der Waals surface area contributed by atoms with E-state index in [2.05, 4.69) is 17.1 Å². The van der Waals surface area contributed by atoms with Gasteiger partial charge >= 0.3 is 5.91 Å². The van der Waals surface area contributed by atoms with Gasteiger partial charge in [-0.2, -0.15) is 10.5 Å². The molecule has 6 nitrogen and oxygen atoms in total. The lowest BCUT2D eigenvalue weighted by Gasteiger charge is -2.25. The number of fused-ring (bicyclic) bond motifs is 2. The maximum Gasteiger partial charge on any atom is 0.343 e. The Morgan fingerprint density at radius 3 is 2.44 bits per heavy atom. The van der Waals surface area contributed by atoms with E-state index < -0.39 is 22.2 Å². The second-order valence-electron chi connectivity index (χ2n) is 5.74. The van der Waals surface area contributed by atoms with E-state index in [9.17, 15) is 10.5 Å². The van der Waals surface area contributed by atoms with Crippen LogP contribution in [0.2, 0.25) is 0 Å². The van der Waals surface area contributed by atoms with Gasteiger partial charge < -0.3 is 9.47 Å². The highest BCUT2D eigenvalue weighted by Gasteiger charge is 3.01. The summed E-state index contributed by atoms with van der Waals surface area (Å²) < 4.78 is 11.5. The summed E-state index contributed by atoms with van der Waals surface area (Å²) in [7, 11) is 0. The fourth-order valence-electron chi connectivity index (χ4n) is 3.87. The number of hydrogen-bond acceptors (Lipinski definition) is 5. The van der Waals surface area contributed by atoms with Crippen molar-refractivity contribution in [3.63, 3.8) is 0 Å². The monoisotopic (exact) mass is 247 g/mol. The van der Waals surface area contributed by atoms with Gasteiger partial charge in [0.1, 0.15) is 0 Å². The lowest BCUT2D eigenvalue weighted by atomic mass is 9.93. The Kier molecular flexibility index (Phi) is 1.71. The van der Waals surface area contributed by atoms with Crippen molar-refractivity contribution in [3.8, 4) is 12.1 Å². The van der Waals surface area contributed by atoms with Gasteiger partial charge in [-0.25, -0.2) is 4.99 Å². The van der Waals surface area contributed by atoms with Gasteiger partial charge in [0, 0.05) is 5.41 Å². The minimum Gasteiger partial charge on any atom is -0.311 e. The van der Waals surface area contributed by atoms with Crippen molar-refractivity contribution < 1.29 is 14.5 Å². The van der Waals surface area contributed by atoms with Crippen LogP contribution in [0.15, 0.2) is 0 Å². The molecule has 0 aromatic rings. The molecule has 0 aromatic heterocycles. The zero-order chi connectivity index (χ0) is 13.4. The normalized spacial score (nSPS) is 51.4. The molecule has 1 saturated carbocycles. The van der Waals surface area contributed by atoms with Crippen LogP contribution >= 0.6 is 0 Å².